The summed E-state index contributed by atoms with van der Waals surface area (Å²) in [7, 11) is 2.59. The van der Waals surface area contributed by atoms with Gasteiger partial charge in [0.05, 0.1) is 43.9 Å². The molecule has 0 bridgehead atoms. The number of likely N-dealkylation sites (tertiary alicyclic amines) is 2. The third-order valence-electron chi connectivity index (χ3n) is 10.9. The lowest BCUT2D eigenvalue weighted by Crippen LogP contribution is -2.54. The highest BCUT2D eigenvalue weighted by atomic mass is 16.5. The van der Waals surface area contributed by atoms with E-state index in [1.54, 1.807) is 11.1 Å². The first kappa shape index (κ1) is 41.0. The molecule has 0 aliphatic carbocycles. The number of methoxy groups -OCH3 is 2. The summed E-state index contributed by atoms with van der Waals surface area (Å²) in [5, 5.41) is 5.44. The van der Waals surface area contributed by atoms with Crippen LogP contribution < -0.4 is 10.6 Å². The number of benzene rings is 2. The number of imidazole rings is 1. The van der Waals surface area contributed by atoms with E-state index in [2.05, 4.69) is 76.9 Å². The lowest BCUT2D eigenvalue weighted by atomic mass is 9.95. The van der Waals surface area contributed by atoms with Gasteiger partial charge in [-0.3, -0.25) is 14.6 Å². The first-order valence-corrected chi connectivity index (χ1v) is 19.4. The van der Waals surface area contributed by atoms with Gasteiger partial charge in [0, 0.05) is 18.8 Å². The number of H-pyrrole nitrogens is 1. The second-order valence-electron chi connectivity index (χ2n) is 15.4. The Morgan fingerprint density at radius 3 is 2.02 bits per heavy atom. The maximum atomic E-state index is 13.9. The number of amides is 4. The van der Waals surface area contributed by atoms with Gasteiger partial charge in [0.25, 0.3) is 0 Å². The molecule has 2 aliphatic rings. The Kier molecular flexibility index (Phi) is 13.4. The average Bonchev–Trinajstić information content (AvgIpc) is 3.95. The number of hydrogen-bond donors (Lipinski definition) is 3. The molecule has 4 amide bonds. The van der Waals surface area contributed by atoms with Gasteiger partial charge in [-0.15, -0.1) is 0 Å². The average molecular weight is 756 g/mol. The van der Waals surface area contributed by atoms with Gasteiger partial charge >= 0.3 is 12.2 Å². The van der Waals surface area contributed by atoms with Crippen LogP contribution >= 0.6 is 0 Å². The molecule has 3 heterocycles. The van der Waals surface area contributed by atoms with Gasteiger partial charge in [-0.25, -0.2) is 14.6 Å². The first-order chi connectivity index (χ1) is 26.3. The lowest BCUT2D eigenvalue weighted by molar-refractivity contribution is -0.135. The highest BCUT2D eigenvalue weighted by molar-refractivity contribution is 5.97. The van der Waals surface area contributed by atoms with Crippen molar-refractivity contribution in [1.82, 2.24) is 30.4 Å². The number of carbonyl (C=O) groups is 4. The molecule has 2 aromatic carbocycles. The third-order valence-corrected chi connectivity index (χ3v) is 10.9. The minimum Gasteiger partial charge on any atom is -0.453 e. The van der Waals surface area contributed by atoms with E-state index < -0.39 is 24.3 Å². The van der Waals surface area contributed by atoms with Crippen molar-refractivity contribution in [3.8, 4) is 22.4 Å². The Morgan fingerprint density at radius 2 is 1.44 bits per heavy atom. The van der Waals surface area contributed by atoms with Crippen LogP contribution in [0.5, 0.6) is 0 Å². The largest absolute Gasteiger partial charge is 0.453 e. The summed E-state index contributed by atoms with van der Waals surface area (Å²) < 4.78 is 9.57. The van der Waals surface area contributed by atoms with Crippen LogP contribution in [0.3, 0.4) is 0 Å². The molecule has 2 aliphatic heterocycles. The Labute approximate surface area is 324 Å². The summed E-state index contributed by atoms with van der Waals surface area (Å²) >= 11 is 0. The fourth-order valence-corrected chi connectivity index (χ4v) is 7.69. The highest BCUT2D eigenvalue weighted by Gasteiger charge is 2.41. The van der Waals surface area contributed by atoms with Gasteiger partial charge in [-0.1, -0.05) is 77.9 Å². The Bertz CT molecular complexity index is 1870. The molecule has 13 nitrogen and oxygen atoms in total. The van der Waals surface area contributed by atoms with Crippen molar-refractivity contribution < 1.29 is 28.7 Å². The van der Waals surface area contributed by atoms with Gasteiger partial charge < -0.3 is 34.9 Å². The van der Waals surface area contributed by atoms with Gasteiger partial charge in [0.2, 0.25) is 11.8 Å². The zero-order valence-electron chi connectivity index (χ0n) is 33.6. The molecule has 5 rings (SSSR count). The number of nitrogens with one attached hydrogen (secondary N) is 3. The van der Waals surface area contributed by atoms with Crippen LogP contribution in [0, 0.1) is 24.7 Å². The van der Waals surface area contributed by atoms with Gasteiger partial charge in [-0.05, 0) is 78.7 Å². The highest BCUT2D eigenvalue weighted by Crippen LogP contribution is 2.35. The molecule has 0 spiro atoms. The van der Waals surface area contributed by atoms with Crippen LogP contribution in [-0.2, 0) is 19.1 Å². The molecule has 3 aromatic rings. The maximum absolute atomic E-state index is 13.9. The number of aliphatic imine (C=N–C) groups is 1. The summed E-state index contributed by atoms with van der Waals surface area (Å²) in [4.78, 5) is 68.6. The van der Waals surface area contributed by atoms with Crippen LogP contribution in [-0.4, -0.2) is 94.9 Å². The number of ether oxygens (including phenoxy) is 2. The predicted molar refractivity (Wildman–Crippen MR) is 213 cm³/mol. The van der Waals surface area contributed by atoms with E-state index in [-0.39, 0.29) is 41.7 Å². The topological polar surface area (TPSA) is 158 Å². The second-order valence-corrected chi connectivity index (χ2v) is 15.4. The Morgan fingerprint density at radius 1 is 0.855 bits per heavy atom. The molecular weight excluding hydrogens is 699 g/mol. The van der Waals surface area contributed by atoms with E-state index in [1.165, 1.54) is 14.2 Å². The summed E-state index contributed by atoms with van der Waals surface area (Å²) in [6.07, 6.45) is 3.70. The molecule has 2 saturated heterocycles. The van der Waals surface area contributed by atoms with Crippen molar-refractivity contribution in [1.29, 1.82) is 0 Å². The normalized spacial score (nSPS) is 19.8. The number of aromatic amines is 1. The summed E-state index contributed by atoms with van der Waals surface area (Å²) in [5.74, 6) is 0.448. The zero-order chi connectivity index (χ0) is 40.0. The molecule has 0 radical (unpaired) electrons. The third kappa shape index (κ3) is 9.20. The molecular formula is C42H57N7O6. The molecule has 296 valence electrons. The van der Waals surface area contributed by atoms with Crippen molar-refractivity contribution in [3.05, 3.63) is 60.0 Å². The second kappa shape index (κ2) is 18.0. The van der Waals surface area contributed by atoms with E-state index in [4.69, 9.17) is 14.5 Å². The SMILES string of the molecule is CCC(=Nc1cc(-c2ccc(-c3cnc(C4CCCN4C(=O)C(NC(=O)OC)C(C)C)[nH]3)cc2)ccc1C)C1C(C)CCN1C(=O)C(NC(=O)OC)C(C)C. The van der Waals surface area contributed by atoms with E-state index >= 15 is 0 Å². The number of rotatable bonds is 12. The molecule has 13 heteroatoms. The van der Waals surface area contributed by atoms with Crippen molar-refractivity contribution in [2.45, 2.75) is 98.3 Å². The van der Waals surface area contributed by atoms with Crippen LogP contribution in [0.2, 0.25) is 0 Å². The quantitative estimate of drug-likeness (QED) is 0.165. The predicted octanol–water partition coefficient (Wildman–Crippen LogP) is 7.20. The van der Waals surface area contributed by atoms with Crippen molar-refractivity contribution in [3.63, 3.8) is 0 Å². The van der Waals surface area contributed by atoms with Gasteiger partial charge in [0.15, 0.2) is 0 Å². The van der Waals surface area contributed by atoms with Crippen LogP contribution in [0.25, 0.3) is 22.4 Å². The van der Waals surface area contributed by atoms with E-state index in [1.807, 2.05) is 39.5 Å². The summed E-state index contributed by atoms with van der Waals surface area (Å²) in [6.45, 7) is 15.1. The standard InChI is InChI=1S/C42H57N7O6/c1-10-31(37-27(7)19-21-49(37)40(51)36(25(4)5)47-42(53)55-9)44-32-22-30(14-13-26(32)6)28-15-17-29(18-16-28)33-23-43-38(45-33)34-12-11-20-48(34)39(50)35(24(2)3)46-41(52)54-8/h13-18,22-25,27,34-37H,10-12,19-21H2,1-9H3,(H,43,45)(H,46,52)(H,47,53). The Hall–Kier alpha value is -5.20. The molecule has 5 atom stereocenters. The van der Waals surface area contributed by atoms with Gasteiger partial charge in [-0.2, -0.15) is 0 Å². The molecule has 55 heavy (non-hydrogen) atoms. The number of nitrogens with zero attached hydrogens (tertiary/aromatic N) is 4. The minimum atomic E-state index is -0.694. The smallest absolute Gasteiger partial charge is 0.407 e. The number of aryl methyl sites for hydroxylation is 1. The maximum Gasteiger partial charge on any atom is 0.407 e. The number of aromatic nitrogens is 2. The van der Waals surface area contributed by atoms with E-state index in [0.29, 0.717) is 19.5 Å². The monoisotopic (exact) mass is 755 g/mol. The molecule has 3 N–H and O–H groups in total. The van der Waals surface area contributed by atoms with Crippen molar-refractivity contribution in [2.75, 3.05) is 27.3 Å². The van der Waals surface area contributed by atoms with Crippen molar-refractivity contribution >= 4 is 35.4 Å². The summed E-state index contributed by atoms with van der Waals surface area (Å²) in [5.41, 5.74) is 6.69. The number of hydrogen-bond acceptors (Lipinski definition) is 8. The Balaban J connectivity index is 1.34. The van der Waals surface area contributed by atoms with Gasteiger partial charge in [0.1, 0.15) is 17.9 Å². The molecule has 0 saturated carbocycles. The molecule has 5 unspecified atom stereocenters. The van der Waals surface area contributed by atoms with E-state index in [9.17, 15) is 19.2 Å². The molecule has 2 fully saturated rings. The van der Waals surface area contributed by atoms with Crippen LogP contribution in [0.15, 0.2) is 53.7 Å². The fourth-order valence-electron chi connectivity index (χ4n) is 7.69. The molecule has 1 aromatic heterocycles. The van der Waals surface area contributed by atoms with Crippen molar-refractivity contribution in [2.24, 2.45) is 22.7 Å². The minimum absolute atomic E-state index is 0.110. The lowest BCUT2D eigenvalue weighted by Gasteiger charge is -2.32. The van der Waals surface area contributed by atoms with E-state index in [0.717, 1.165) is 64.4 Å². The van der Waals surface area contributed by atoms with Crippen LogP contribution in [0.4, 0.5) is 15.3 Å². The first-order valence-electron chi connectivity index (χ1n) is 19.4. The summed E-state index contributed by atoms with van der Waals surface area (Å²) in [6, 6.07) is 12.7. The number of carbonyl (C=O) groups excluding carboxylic acids is 4. The number of alkyl carbamates (subject to hydrolysis) is 2. The fraction of sp³-hybridized carbons (Fsp3) is 0.524. The zero-order valence-corrected chi connectivity index (χ0v) is 33.6. The van der Waals surface area contributed by atoms with Crippen LogP contribution in [0.1, 0.15) is 84.7 Å².